The molecule has 0 spiro atoms. The zero-order chi connectivity index (χ0) is 20.1. The third-order valence-corrected chi connectivity index (χ3v) is 4.82. The number of urea groups is 1. The first-order valence-corrected chi connectivity index (χ1v) is 9.29. The van der Waals surface area contributed by atoms with Gasteiger partial charge in [0.15, 0.2) is 5.16 Å². The SMILES string of the molecule is CC(Sc1nc2ccc(F)cc2c(=O)[nH]1)C(=O)NC(=O)NCc1ccccc1. The highest BCUT2D eigenvalue weighted by Crippen LogP contribution is 2.20. The number of benzene rings is 2. The van der Waals surface area contributed by atoms with Gasteiger partial charge in [0.05, 0.1) is 16.2 Å². The van der Waals surface area contributed by atoms with Crippen molar-refractivity contribution in [2.24, 2.45) is 0 Å². The Morgan fingerprint density at radius 2 is 1.96 bits per heavy atom. The maximum Gasteiger partial charge on any atom is 0.321 e. The molecule has 0 radical (unpaired) electrons. The van der Waals surface area contributed by atoms with Crippen LogP contribution in [0.25, 0.3) is 10.9 Å². The number of carbonyl (C=O) groups excluding carboxylic acids is 2. The van der Waals surface area contributed by atoms with Crippen molar-refractivity contribution >= 4 is 34.6 Å². The highest BCUT2D eigenvalue weighted by molar-refractivity contribution is 8.00. The van der Waals surface area contributed by atoms with E-state index >= 15 is 0 Å². The van der Waals surface area contributed by atoms with E-state index in [9.17, 15) is 18.8 Å². The number of aromatic nitrogens is 2. The van der Waals surface area contributed by atoms with Crippen molar-refractivity contribution in [3.63, 3.8) is 0 Å². The van der Waals surface area contributed by atoms with Crippen LogP contribution in [0.3, 0.4) is 0 Å². The second-order valence-corrected chi connectivity index (χ2v) is 7.28. The zero-order valence-electron chi connectivity index (χ0n) is 14.9. The molecule has 0 saturated heterocycles. The molecule has 9 heteroatoms. The van der Waals surface area contributed by atoms with Gasteiger partial charge in [0.2, 0.25) is 5.91 Å². The quantitative estimate of drug-likeness (QED) is 0.451. The molecular formula is C19H17FN4O3S. The predicted octanol–water partition coefficient (Wildman–Crippen LogP) is 2.57. The van der Waals surface area contributed by atoms with E-state index in [-0.39, 0.29) is 17.1 Å². The summed E-state index contributed by atoms with van der Waals surface area (Å²) in [6, 6.07) is 12.4. The predicted molar refractivity (Wildman–Crippen MR) is 104 cm³/mol. The molecule has 1 aromatic heterocycles. The van der Waals surface area contributed by atoms with Crippen molar-refractivity contribution in [2.75, 3.05) is 0 Å². The summed E-state index contributed by atoms with van der Waals surface area (Å²) in [5.74, 6) is -1.06. The van der Waals surface area contributed by atoms with Gasteiger partial charge in [-0.05, 0) is 30.7 Å². The summed E-state index contributed by atoms with van der Waals surface area (Å²) in [5, 5.41) is 4.49. The van der Waals surface area contributed by atoms with E-state index in [1.165, 1.54) is 12.1 Å². The smallest absolute Gasteiger partial charge is 0.321 e. The van der Waals surface area contributed by atoms with Gasteiger partial charge in [-0.3, -0.25) is 14.9 Å². The highest BCUT2D eigenvalue weighted by atomic mass is 32.2. The van der Waals surface area contributed by atoms with E-state index in [1.807, 2.05) is 30.3 Å². The molecule has 0 aliphatic heterocycles. The Hall–Kier alpha value is -3.20. The molecule has 1 heterocycles. The van der Waals surface area contributed by atoms with Crippen molar-refractivity contribution < 1.29 is 14.0 Å². The van der Waals surface area contributed by atoms with E-state index in [2.05, 4.69) is 20.6 Å². The average molecular weight is 400 g/mol. The Balaban J connectivity index is 1.59. The van der Waals surface area contributed by atoms with E-state index < -0.39 is 28.6 Å². The van der Waals surface area contributed by atoms with Gasteiger partial charge in [-0.2, -0.15) is 0 Å². The van der Waals surface area contributed by atoms with E-state index in [0.717, 1.165) is 23.4 Å². The number of nitrogens with zero attached hydrogens (tertiary/aromatic N) is 1. The number of hydrogen-bond acceptors (Lipinski definition) is 5. The largest absolute Gasteiger partial charge is 0.334 e. The van der Waals surface area contributed by atoms with Crippen LogP contribution in [0.5, 0.6) is 0 Å². The van der Waals surface area contributed by atoms with Crippen LogP contribution in [0.2, 0.25) is 0 Å². The Bertz CT molecular complexity index is 1070. The number of fused-ring (bicyclic) bond motifs is 1. The Labute approximate surface area is 163 Å². The number of aromatic amines is 1. The van der Waals surface area contributed by atoms with Gasteiger partial charge in [0, 0.05) is 6.54 Å². The van der Waals surface area contributed by atoms with Gasteiger partial charge in [-0.15, -0.1) is 0 Å². The lowest BCUT2D eigenvalue weighted by Crippen LogP contribution is -2.42. The zero-order valence-corrected chi connectivity index (χ0v) is 15.7. The number of carbonyl (C=O) groups is 2. The maximum absolute atomic E-state index is 13.2. The minimum atomic E-state index is -0.691. The van der Waals surface area contributed by atoms with Crippen LogP contribution in [-0.2, 0) is 11.3 Å². The van der Waals surface area contributed by atoms with Crippen LogP contribution in [0.15, 0.2) is 58.5 Å². The number of thioether (sulfide) groups is 1. The molecule has 3 amide bonds. The molecule has 28 heavy (non-hydrogen) atoms. The molecule has 7 nitrogen and oxygen atoms in total. The first kappa shape index (κ1) is 19.6. The first-order chi connectivity index (χ1) is 13.4. The van der Waals surface area contributed by atoms with Crippen molar-refractivity contribution in [2.45, 2.75) is 23.9 Å². The molecule has 0 saturated carbocycles. The first-order valence-electron chi connectivity index (χ1n) is 8.41. The summed E-state index contributed by atoms with van der Waals surface area (Å²) in [6.45, 7) is 1.87. The van der Waals surface area contributed by atoms with Crippen molar-refractivity contribution in [1.29, 1.82) is 0 Å². The number of H-pyrrole nitrogens is 1. The highest BCUT2D eigenvalue weighted by Gasteiger charge is 2.18. The summed E-state index contributed by atoms with van der Waals surface area (Å²) < 4.78 is 13.2. The van der Waals surface area contributed by atoms with E-state index in [4.69, 9.17) is 0 Å². The number of halogens is 1. The minimum Gasteiger partial charge on any atom is -0.334 e. The Morgan fingerprint density at radius 1 is 1.21 bits per heavy atom. The van der Waals surface area contributed by atoms with Crippen LogP contribution < -0.4 is 16.2 Å². The molecule has 0 aliphatic rings. The molecule has 3 rings (SSSR count). The molecule has 2 aromatic carbocycles. The van der Waals surface area contributed by atoms with Crippen molar-refractivity contribution in [3.05, 3.63) is 70.3 Å². The second-order valence-electron chi connectivity index (χ2n) is 5.95. The lowest BCUT2D eigenvalue weighted by atomic mass is 10.2. The topological polar surface area (TPSA) is 104 Å². The van der Waals surface area contributed by atoms with E-state index in [0.29, 0.717) is 5.52 Å². The van der Waals surface area contributed by atoms with Crippen LogP contribution in [0, 0.1) is 5.82 Å². The summed E-state index contributed by atoms with van der Waals surface area (Å²) in [7, 11) is 0. The van der Waals surface area contributed by atoms with Crippen molar-refractivity contribution in [3.8, 4) is 0 Å². The maximum atomic E-state index is 13.2. The van der Waals surface area contributed by atoms with Crippen LogP contribution in [0.1, 0.15) is 12.5 Å². The third-order valence-electron chi connectivity index (χ3n) is 3.84. The summed E-state index contributed by atoms with van der Waals surface area (Å²) in [5.41, 5.74) is 0.725. The lowest BCUT2D eigenvalue weighted by molar-refractivity contribution is -0.119. The molecular weight excluding hydrogens is 383 g/mol. The monoisotopic (exact) mass is 400 g/mol. The Morgan fingerprint density at radius 3 is 2.71 bits per heavy atom. The van der Waals surface area contributed by atoms with Gasteiger partial charge in [-0.25, -0.2) is 14.2 Å². The van der Waals surface area contributed by atoms with E-state index in [1.54, 1.807) is 6.92 Å². The molecule has 1 unspecified atom stereocenters. The summed E-state index contributed by atoms with van der Waals surface area (Å²) >= 11 is 0.989. The molecule has 3 aromatic rings. The van der Waals surface area contributed by atoms with Crippen molar-refractivity contribution in [1.82, 2.24) is 20.6 Å². The van der Waals surface area contributed by atoms with Gasteiger partial charge >= 0.3 is 6.03 Å². The molecule has 0 fully saturated rings. The standard InChI is InChI=1S/C19H17FN4O3S/c1-11(16(25)23-18(27)21-10-12-5-3-2-4-6-12)28-19-22-15-8-7-13(20)9-14(15)17(26)24-19/h2-9,11H,10H2,1H3,(H,22,24,26)(H2,21,23,25,27). The fourth-order valence-electron chi connectivity index (χ4n) is 2.40. The normalized spacial score (nSPS) is 11.8. The number of rotatable bonds is 5. The fraction of sp³-hybridized carbons (Fsp3) is 0.158. The fourth-order valence-corrected chi connectivity index (χ4v) is 3.21. The van der Waals surface area contributed by atoms with Gasteiger partial charge < -0.3 is 10.3 Å². The molecule has 0 aliphatic carbocycles. The molecule has 0 bridgehead atoms. The van der Waals surface area contributed by atoms with Crippen LogP contribution in [-0.4, -0.2) is 27.2 Å². The number of imide groups is 1. The van der Waals surface area contributed by atoms with Crippen LogP contribution >= 0.6 is 11.8 Å². The molecule has 144 valence electrons. The van der Waals surface area contributed by atoms with Crippen LogP contribution in [0.4, 0.5) is 9.18 Å². The molecule has 1 atom stereocenters. The average Bonchev–Trinajstić information content (AvgIpc) is 2.68. The lowest BCUT2D eigenvalue weighted by Gasteiger charge is -2.11. The number of nitrogens with one attached hydrogen (secondary N) is 3. The summed E-state index contributed by atoms with van der Waals surface area (Å²) in [4.78, 5) is 42.9. The number of amides is 3. The Kier molecular flexibility index (Phi) is 6.05. The molecule has 3 N–H and O–H groups in total. The van der Waals surface area contributed by atoms with Gasteiger partial charge in [0.1, 0.15) is 5.82 Å². The second kappa shape index (κ2) is 8.66. The van der Waals surface area contributed by atoms with Gasteiger partial charge in [-0.1, -0.05) is 42.1 Å². The minimum absolute atomic E-state index is 0.127. The summed E-state index contributed by atoms with van der Waals surface area (Å²) in [6.07, 6.45) is 0. The number of hydrogen-bond donors (Lipinski definition) is 3. The third kappa shape index (κ3) is 4.95. The van der Waals surface area contributed by atoms with Gasteiger partial charge in [0.25, 0.3) is 5.56 Å².